The van der Waals surface area contributed by atoms with Gasteiger partial charge in [0.25, 0.3) is 5.91 Å². The van der Waals surface area contributed by atoms with E-state index in [2.05, 4.69) is 5.32 Å². The Morgan fingerprint density at radius 3 is 2.71 bits per heavy atom. The zero-order valence-electron chi connectivity index (χ0n) is 16.0. The monoisotopic (exact) mass is 404 g/mol. The molecule has 0 atom stereocenters. The van der Waals surface area contributed by atoms with Crippen LogP contribution in [0.2, 0.25) is 5.02 Å². The van der Waals surface area contributed by atoms with Crippen molar-refractivity contribution in [1.82, 2.24) is 4.90 Å². The zero-order chi connectivity index (χ0) is 20.5. The Hall–Kier alpha value is -2.60. The fraction of sp³-hybridized carbons (Fsp3) is 0.333. The third kappa shape index (κ3) is 3.97. The highest BCUT2D eigenvalue weighted by Crippen LogP contribution is 2.34. The second-order valence-electron chi connectivity index (χ2n) is 7.33. The number of carbonyl (C=O) groups excluding carboxylic acids is 2. The number of fused-ring (bicyclic) bond motifs is 1. The molecule has 5 nitrogen and oxygen atoms in total. The lowest BCUT2D eigenvalue weighted by molar-refractivity contribution is -0.154. The highest BCUT2D eigenvalue weighted by Gasteiger charge is 2.35. The number of esters is 1. The molecule has 1 N–H and O–H groups in total. The molecule has 0 radical (unpaired) electrons. The fourth-order valence-corrected chi connectivity index (χ4v) is 3.41. The summed E-state index contributed by atoms with van der Waals surface area (Å²) >= 11 is 6.19. The molecule has 0 spiro atoms. The lowest BCUT2D eigenvalue weighted by Gasteiger charge is -2.35. The number of benzene rings is 2. The van der Waals surface area contributed by atoms with Crippen LogP contribution in [0.15, 0.2) is 36.4 Å². The Morgan fingerprint density at radius 1 is 1.25 bits per heavy atom. The first-order valence-electron chi connectivity index (χ1n) is 9.03. The van der Waals surface area contributed by atoms with Gasteiger partial charge in [-0.05, 0) is 56.7 Å². The zero-order valence-corrected chi connectivity index (χ0v) is 16.8. The van der Waals surface area contributed by atoms with Gasteiger partial charge in [-0.15, -0.1) is 0 Å². The van der Waals surface area contributed by atoms with Crippen molar-refractivity contribution in [1.29, 1.82) is 0 Å². The molecular weight excluding hydrogens is 383 g/mol. The maximum absolute atomic E-state index is 13.6. The summed E-state index contributed by atoms with van der Waals surface area (Å²) in [6.45, 7) is 6.04. The van der Waals surface area contributed by atoms with Crippen LogP contribution in [0.3, 0.4) is 0 Å². The Balaban J connectivity index is 1.84. The van der Waals surface area contributed by atoms with Crippen molar-refractivity contribution in [3.63, 3.8) is 0 Å². The minimum atomic E-state index is -0.820. The highest BCUT2D eigenvalue weighted by atomic mass is 35.5. The largest absolute Gasteiger partial charge is 0.466 e. The van der Waals surface area contributed by atoms with Crippen molar-refractivity contribution in [2.24, 2.45) is 5.41 Å². The number of amides is 1. The van der Waals surface area contributed by atoms with Gasteiger partial charge >= 0.3 is 5.97 Å². The molecule has 3 rings (SSSR count). The van der Waals surface area contributed by atoms with Gasteiger partial charge in [-0.3, -0.25) is 9.59 Å². The number of hydrogen-bond acceptors (Lipinski definition) is 4. The van der Waals surface area contributed by atoms with E-state index in [-0.39, 0.29) is 30.9 Å². The fourth-order valence-electron chi connectivity index (χ4n) is 3.18. The van der Waals surface area contributed by atoms with Gasteiger partial charge in [-0.25, -0.2) is 4.39 Å². The van der Waals surface area contributed by atoms with Crippen LogP contribution in [0.4, 0.5) is 10.1 Å². The molecule has 0 fully saturated rings. The Bertz CT molecular complexity index is 930. The smallest absolute Gasteiger partial charge is 0.313 e. The molecule has 0 saturated carbocycles. The Labute approximate surface area is 168 Å². The van der Waals surface area contributed by atoms with E-state index in [9.17, 15) is 14.0 Å². The van der Waals surface area contributed by atoms with E-state index >= 15 is 0 Å². The van der Waals surface area contributed by atoms with Crippen LogP contribution in [0, 0.1) is 11.2 Å². The summed E-state index contributed by atoms with van der Waals surface area (Å²) in [6, 6.07) is 9.37. The maximum Gasteiger partial charge on any atom is 0.313 e. The molecule has 0 unspecified atom stereocenters. The topological polar surface area (TPSA) is 58.6 Å². The van der Waals surface area contributed by atoms with Crippen molar-refractivity contribution < 1.29 is 18.7 Å². The van der Waals surface area contributed by atoms with Crippen LogP contribution in [-0.4, -0.2) is 36.6 Å². The van der Waals surface area contributed by atoms with Crippen molar-refractivity contribution in [3.8, 4) is 11.1 Å². The summed E-state index contributed by atoms with van der Waals surface area (Å²) in [7, 11) is 0. The second kappa shape index (κ2) is 7.80. The number of nitrogens with zero attached hydrogens (tertiary/aromatic N) is 1. The van der Waals surface area contributed by atoms with Gasteiger partial charge < -0.3 is 15.0 Å². The molecule has 0 aromatic heterocycles. The van der Waals surface area contributed by atoms with Crippen LogP contribution >= 0.6 is 11.6 Å². The third-order valence-electron chi connectivity index (χ3n) is 4.65. The first kappa shape index (κ1) is 20.1. The van der Waals surface area contributed by atoms with Gasteiger partial charge in [0.15, 0.2) is 0 Å². The molecule has 2 aromatic rings. The lowest BCUT2D eigenvalue weighted by Crippen LogP contribution is -2.47. The maximum atomic E-state index is 13.6. The molecule has 0 aliphatic carbocycles. The molecule has 0 bridgehead atoms. The second-order valence-corrected chi connectivity index (χ2v) is 7.73. The minimum absolute atomic E-state index is 0.178. The standard InChI is InChI=1S/C21H22ClFN2O3/c1-4-28-20(27)21(2,3)11-25-12-24-18-9-13(5-7-15(18)19(25)26)16-10-14(23)6-8-17(16)22/h5-10,24H,4,11-12H2,1-3H3. The van der Waals surface area contributed by atoms with Gasteiger partial charge in [0, 0.05) is 22.8 Å². The van der Waals surface area contributed by atoms with Crippen LogP contribution < -0.4 is 5.32 Å². The van der Waals surface area contributed by atoms with Crippen LogP contribution in [0.1, 0.15) is 31.1 Å². The van der Waals surface area contributed by atoms with E-state index in [1.165, 1.54) is 18.2 Å². The van der Waals surface area contributed by atoms with Crippen molar-refractivity contribution in [3.05, 3.63) is 52.8 Å². The number of anilines is 1. The highest BCUT2D eigenvalue weighted by molar-refractivity contribution is 6.33. The molecule has 7 heteroatoms. The van der Waals surface area contributed by atoms with Gasteiger partial charge in [-0.2, -0.15) is 0 Å². The Kier molecular flexibility index (Phi) is 5.61. The summed E-state index contributed by atoms with van der Waals surface area (Å²) in [4.78, 5) is 26.6. The van der Waals surface area contributed by atoms with E-state index in [1.54, 1.807) is 43.9 Å². The van der Waals surface area contributed by atoms with Crippen LogP contribution in [-0.2, 0) is 9.53 Å². The molecule has 1 aliphatic rings. The van der Waals surface area contributed by atoms with Gasteiger partial charge in [0.05, 0.1) is 24.3 Å². The van der Waals surface area contributed by atoms with E-state index in [0.717, 1.165) is 0 Å². The summed E-state index contributed by atoms with van der Waals surface area (Å²) < 4.78 is 18.7. The predicted molar refractivity (Wildman–Crippen MR) is 107 cm³/mol. The van der Waals surface area contributed by atoms with Gasteiger partial charge in [0.1, 0.15) is 5.82 Å². The number of carbonyl (C=O) groups is 2. The summed E-state index contributed by atoms with van der Waals surface area (Å²) in [5.41, 5.74) is 1.59. The predicted octanol–water partition coefficient (Wildman–Crippen LogP) is 4.56. The van der Waals surface area contributed by atoms with E-state index in [4.69, 9.17) is 16.3 Å². The average molecular weight is 405 g/mol. The van der Waals surface area contributed by atoms with Crippen molar-refractivity contribution in [2.45, 2.75) is 20.8 Å². The molecule has 1 amide bonds. The number of halogens is 2. The number of nitrogens with one attached hydrogen (secondary N) is 1. The van der Waals surface area contributed by atoms with Gasteiger partial charge in [-0.1, -0.05) is 17.7 Å². The molecule has 148 valence electrons. The Morgan fingerprint density at radius 2 is 2.00 bits per heavy atom. The average Bonchev–Trinajstić information content (AvgIpc) is 2.66. The van der Waals surface area contributed by atoms with Gasteiger partial charge in [0.2, 0.25) is 0 Å². The quantitative estimate of drug-likeness (QED) is 0.742. The number of hydrogen-bond donors (Lipinski definition) is 1. The summed E-state index contributed by atoms with van der Waals surface area (Å²) in [6.07, 6.45) is 0. The molecule has 2 aromatic carbocycles. The first-order valence-corrected chi connectivity index (χ1v) is 9.40. The van der Waals surface area contributed by atoms with E-state index < -0.39 is 5.41 Å². The normalized spacial score (nSPS) is 13.8. The van der Waals surface area contributed by atoms with Crippen LogP contribution in [0.5, 0.6) is 0 Å². The number of ether oxygens (including phenoxy) is 1. The molecular formula is C21H22ClFN2O3. The van der Waals surface area contributed by atoms with Crippen molar-refractivity contribution >= 4 is 29.2 Å². The van der Waals surface area contributed by atoms with Crippen LogP contribution in [0.25, 0.3) is 11.1 Å². The van der Waals surface area contributed by atoms with Crippen molar-refractivity contribution in [2.75, 3.05) is 25.1 Å². The SMILES string of the molecule is CCOC(=O)C(C)(C)CN1CNc2cc(-c3cc(F)ccc3Cl)ccc2C1=O. The van der Waals surface area contributed by atoms with E-state index in [0.29, 0.717) is 34.0 Å². The number of rotatable bonds is 5. The molecule has 0 saturated heterocycles. The summed E-state index contributed by atoms with van der Waals surface area (Å²) in [5.74, 6) is -0.902. The van der Waals surface area contributed by atoms with E-state index in [1.807, 2.05) is 0 Å². The molecule has 1 aliphatic heterocycles. The molecule has 28 heavy (non-hydrogen) atoms. The summed E-state index contributed by atoms with van der Waals surface area (Å²) in [5, 5.41) is 3.63. The lowest BCUT2D eigenvalue weighted by atomic mass is 9.92. The molecule has 1 heterocycles. The third-order valence-corrected chi connectivity index (χ3v) is 4.98. The minimum Gasteiger partial charge on any atom is -0.466 e. The first-order chi connectivity index (χ1) is 13.2.